The highest BCUT2D eigenvalue weighted by molar-refractivity contribution is 5.77. The number of anilines is 2. The number of ether oxygens (including phenoxy) is 2. The van der Waals surface area contributed by atoms with Gasteiger partial charge in [0.15, 0.2) is 12.4 Å². The Hall–Kier alpha value is -3.03. The third kappa shape index (κ3) is 5.73. The number of rotatable bonds is 9. The fourth-order valence-electron chi connectivity index (χ4n) is 2.87. The second-order valence-corrected chi connectivity index (χ2v) is 6.24. The number of carbonyl (C=O) groups excluding carboxylic acids is 1. The molecule has 0 radical (unpaired) electrons. The number of nitrogens with one attached hydrogen (secondary N) is 2. The summed E-state index contributed by atoms with van der Waals surface area (Å²) in [7, 11) is 1.59. The minimum atomic E-state index is -0.184. The lowest BCUT2D eigenvalue weighted by atomic mass is 10.3. The number of benzene rings is 1. The van der Waals surface area contributed by atoms with Crippen LogP contribution in [0.25, 0.3) is 0 Å². The Morgan fingerprint density at radius 2 is 2.00 bits per heavy atom. The number of nitrogens with zero attached hydrogens (tertiary/aromatic N) is 3. The number of carbonyl (C=O) groups is 1. The molecule has 2 heterocycles. The van der Waals surface area contributed by atoms with Gasteiger partial charge in [0.25, 0.3) is 5.91 Å². The molecule has 1 aromatic carbocycles. The zero-order valence-corrected chi connectivity index (χ0v) is 15.5. The largest absolute Gasteiger partial charge is 0.497 e. The number of aromatic nitrogens is 2. The van der Waals surface area contributed by atoms with E-state index in [1.54, 1.807) is 25.4 Å². The van der Waals surface area contributed by atoms with Gasteiger partial charge in [-0.05, 0) is 25.0 Å². The molecule has 2 aromatic rings. The molecule has 8 nitrogen and oxygen atoms in total. The topological polar surface area (TPSA) is 88.6 Å². The summed E-state index contributed by atoms with van der Waals surface area (Å²) in [5.74, 6) is 1.81. The van der Waals surface area contributed by atoms with Crippen LogP contribution in [0.1, 0.15) is 12.8 Å². The molecule has 3 rings (SSSR count). The van der Waals surface area contributed by atoms with Crippen molar-refractivity contribution >= 4 is 17.4 Å². The van der Waals surface area contributed by atoms with E-state index in [9.17, 15) is 4.79 Å². The summed E-state index contributed by atoms with van der Waals surface area (Å²) in [6, 6.07) is 9.14. The van der Waals surface area contributed by atoms with Gasteiger partial charge in [-0.1, -0.05) is 6.07 Å². The predicted molar refractivity (Wildman–Crippen MR) is 103 cm³/mol. The van der Waals surface area contributed by atoms with Crippen molar-refractivity contribution in [2.45, 2.75) is 12.8 Å². The normalized spacial score (nSPS) is 13.3. The molecule has 1 fully saturated rings. The molecule has 1 aliphatic rings. The highest BCUT2D eigenvalue weighted by atomic mass is 16.5. The average molecular weight is 371 g/mol. The minimum Gasteiger partial charge on any atom is -0.497 e. The van der Waals surface area contributed by atoms with Gasteiger partial charge < -0.3 is 25.0 Å². The number of amides is 1. The molecule has 27 heavy (non-hydrogen) atoms. The summed E-state index contributed by atoms with van der Waals surface area (Å²) in [6.07, 6.45) is 4.22. The minimum absolute atomic E-state index is 0.0442. The summed E-state index contributed by atoms with van der Waals surface area (Å²) in [5.41, 5.74) is 1.08. The van der Waals surface area contributed by atoms with Crippen LogP contribution in [0.3, 0.4) is 0 Å². The van der Waals surface area contributed by atoms with E-state index in [2.05, 4.69) is 25.7 Å². The van der Waals surface area contributed by atoms with Gasteiger partial charge >= 0.3 is 0 Å². The Morgan fingerprint density at radius 1 is 1.19 bits per heavy atom. The van der Waals surface area contributed by atoms with Crippen LogP contribution < -0.4 is 25.0 Å². The second kappa shape index (κ2) is 9.61. The van der Waals surface area contributed by atoms with Crippen LogP contribution in [0.2, 0.25) is 0 Å². The van der Waals surface area contributed by atoms with Crippen LogP contribution in [-0.4, -0.2) is 56.0 Å². The molecule has 0 atom stereocenters. The lowest BCUT2D eigenvalue weighted by molar-refractivity contribution is -0.123. The Balaban J connectivity index is 1.36. The number of hydrogen-bond donors (Lipinski definition) is 2. The SMILES string of the molecule is COc1cccc(OCC(=O)NCCNc2cc(N3CCCC3)cnn2)c1. The summed E-state index contributed by atoms with van der Waals surface area (Å²) in [5, 5.41) is 14.1. The van der Waals surface area contributed by atoms with E-state index in [4.69, 9.17) is 9.47 Å². The van der Waals surface area contributed by atoms with Crippen molar-refractivity contribution < 1.29 is 14.3 Å². The fourth-order valence-corrected chi connectivity index (χ4v) is 2.87. The first-order chi connectivity index (χ1) is 13.2. The van der Waals surface area contributed by atoms with Gasteiger partial charge in [-0.2, -0.15) is 5.10 Å². The molecule has 0 unspecified atom stereocenters. The lowest BCUT2D eigenvalue weighted by Crippen LogP contribution is -2.32. The van der Waals surface area contributed by atoms with Gasteiger partial charge in [-0.25, -0.2) is 0 Å². The van der Waals surface area contributed by atoms with Crippen LogP contribution in [0.5, 0.6) is 11.5 Å². The standard InChI is InChI=1S/C19H25N5O3/c1-26-16-5-4-6-17(12-16)27-14-19(25)21-8-7-20-18-11-15(13-22-23-18)24-9-2-3-10-24/h4-6,11-13H,2-3,7-10,14H2,1H3,(H,20,23)(H,21,25). The Bertz CT molecular complexity index is 750. The lowest BCUT2D eigenvalue weighted by Gasteiger charge is -2.17. The summed E-state index contributed by atoms with van der Waals surface area (Å²) < 4.78 is 10.6. The maximum atomic E-state index is 11.9. The van der Waals surface area contributed by atoms with E-state index in [0.717, 1.165) is 18.8 Å². The van der Waals surface area contributed by atoms with E-state index >= 15 is 0 Å². The van der Waals surface area contributed by atoms with E-state index < -0.39 is 0 Å². The highest BCUT2D eigenvalue weighted by Gasteiger charge is 2.13. The third-order valence-electron chi connectivity index (χ3n) is 4.28. The Morgan fingerprint density at radius 3 is 2.81 bits per heavy atom. The maximum absolute atomic E-state index is 11.9. The van der Waals surface area contributed by atoms with Crippen LogP contribution in [-0.2, 0) is 4.79 Å². The van der Waals surface area contributed by atoms with Crippen molar-refractivity contribution in [2.24, 2.45) is 0 Å². The molecule has 2 N–H and O–H groups in total. The van der Waals surface area contributed by atoms with Gasteiger partial charge in [0.2, 0.25) is 0 Å². The quantitative estimate of drug-likeness (QED) is 0.649. The highest BCUT2D eigenvalue weighted by Crippen LogP contribution is 2.20. The molecule has 1 saturated heterocycles. The van der Waals surface area contributed by atoms with Gasteiger partial charge in [0.1, 0.15) is 11.5 Å². The predicted octanol–water partition coefficient (Wildman–Crippen LogP) is 1.69. The average Bonchev–Trinajstić information content (AvgIpc) is 3.25. The molecule has 0 bridgehead atoms. The molecule has 0 saturated carbocycles. The van der Waals surface area contributed by atoms with Crippen molar-refractivity contribution in [3.05, 3.63) is 36.5 Å². The van der Waals surface area contributed by atoms with Crippen LogP contribution >= 0.6 is 0 Å². The van der Waals surface area contributed by atoms with E-state index in [0.29, 0.717) is 30.4 Å². The van der Waals surface area contributed by atoms with Gasteiger partial charge in [0.05, 0.1) is 19.0 Å². The zero-order valence-electron chi connectivity index (χ0n) is 15.5. The molecule has 0 aliphatic carbocycles. The molecule has 1 aromatic heterocycles. The van der Waals surface area contributed by atoms with Crippen molar-refractivity contribution in [1.29, 1.82) is 0 Å². The summed E-state index contributed by atoms with van der Waals surface area (Å²) in [6.45, 7) is 3.11. The molecule has 8 heteroatoms. The smallest absolute Gasteiger partial charge is 0.258 e. The third-order valence-corrected chi connectivity index (χ3v) is 4.28. The second-order valence-electron chi connectivity index (χ2n) is 6.24. The van der Waals surface area contributed by atoms with Crippen molar-refractivity contribution in [2.75, 3.05) is 50.1 Å². The van der Waals surface area contributed by atoms with Crippen molar-refractivity contribution in [1.82, 2.24) is 15.5 Å². The molecule has 1 aliphatic heterocycles. The summed E-state index contributed by atoms with van der Waals surface area (Å²) >= 11 is 0. The first-order valence-electron chi connectivity index (χ1n) is 9.10. The van der Waals surface area contributed by atoms with Gasteiger partial charge in [0, 0.05) is 38.3 Å². The number of methoxy groups -OCH3 is 1. The van der Waals surface area contributed by atoms with Gasteiger partial charge in [-0.15, -0.1) is 5.10 Å². The Kier molecular flexibility index (Phi) is 6.67. The molecular weight excluding hydrogens is 346 g/mol. The summed E-state index contributed by atoms with van der Waals surface area (Å²) in [4.78, 5) is 14.2. The Labute approximate surface area is 158 Å². The van der Waals surface area contributed by atoms with Crippen molar-refractivity contribution in [3.63, 3.8) is 0 Å². The monoisotopic (exact) mass is 371 g/mol. The first-order valence-corrected chi connectivity index (χ1v) is 9.10. The van der Waals surface area contributed by atoms with E-state index in [1.165, 1.54) is 12.8 Å². The van der Waals surface area contributed by atoms with E-state index in [1.807, 2.05) is 18.2 Å². The number of hydrogen-bond acceptors (Lipinski definition) is 7. The van der Waals surface area contributed by atoms with Crippen LogP contribution in [0.15, 0.2) is 36.5 Å². The van der Waals surface area contributed by atoms with Crippen molar-refractivity contribution in [3.8, 4) is 11.5 Å². The van der Waals surface area contributed by atoms with Crippen LogP contribution in [0, 0.1) is 0 Å². The first kappa shape index (κ1) is 18.8. The maximum Gasteiger partial charge on any atom is 0.258 e. The van der Waals surface area contributed by atoms with Crippen LogP contribution in [0.4, 0.5) is 11.5 Å². The molecular formula is C19H25N5O3. The molecule has 1 amide bonds. The van der Waals surface area contributed by atoms with Gasteiger partial charge in [-0.3, -0.25) is 4.79 Å². The van der Waals surface area contributed by atoms with E-state index in [-0.39, 0.29) is 12.5 Å². The fraction of sp³-hybridized carbons (Fsp3) is 0.421. The zero-order chi connectivity index (χ0) is 18.9. The molecule has 144 valence electrons. The molecule has 0 spiro atoms.